The van der Waals surface area contributed by atoms with E-state index >= 15 is 0 Å². The van der Waals surface area contributed by atoms with Gasteiger partial charge in [0, 0.05) is 11.6 Å². The first-order chi connectivity index (χ1) is 7.79. The van der Waals surface area contributed by atoms with Crippen molar-refractivity contribution in [1.82, 2.24) is 0 Å². The van der Waals surface area contributed by atoms with Crippen molar-refractivity contribution >= 4 is 28.6 Å². The van der Waals surface area contributed by atoms with E-state index in [2.05, 4.69) is 22.1 Å². The summed E-state index contributed by atoms with van der Waals surface area (Å²) in [5.74, 6) is 0.805. The van der Waals surface area contributed by atoms with Gasteiger partial charge in [-0.1, -0.05) is 11.6 Å². The Labute approximate surface area is 104 Å². The second kappa shape index (κ2) is 5.23. The molecule has 1 heterocycles. The summed E-state index contributed by atoms with van der Waals surface area (Å²) in [6, 6.07) is 7.63. The summed E-state index contributed by atoms with van der Waals surface area (Å²) >= 11 is 7.63. The Morgan fingerprint density at radius 2 is 2.25 bits per heavy atom. The minimum Gasteiger partial charge on any atom is -0.495 e. The number of anilines is 1. The normalized spacial score (nSPS) is 10.1. The molecule has 0 saturated heterocycles. The molecule has 0 amide bonds. The Balaban J connectivity index is 2.11. The van der Waals surface area contributed by atoms with Crippen LogP contribution in [0.15, 0.2) is 35.0 Å². The third-order valence-electron chi connectivity index (χ3n) is 2.22. The maximum absolute atomic E-state index is 5.94. The van der Waals surface area contributed by atoms with Gasteiger partial charge in [-0.2, -0.15) is 11.3 Å². The number of halogens is 1. The Hall–Kier alpha value is -1.19. The van der Waals surface area contributed by atoms with Gasteiger partial charge in [0.2, 0.25) is 0 Å². The number of ether oxygens (including phenoxy) is 1. The summed E-state index contributed by atoms with van der Waals surface area (Å²) in [5.41, 5.74) is 2.17. The molecule has 0 spiro atoms. The van der Waals surface area contributed by atoms with Crippen molar-refractivity contribution in [3.63, 3.8) is 0 Å². The number of thiophene rings is 1. The second-order valence-electron chi connectivity index (χ2n) is 3.33. The number of rotatable bonds is 4. The molecule has 1 aromatic heterocycles. The molecule has 0 atom stereocenters. The number of hydrogen-bond donors (Lipinski definition) is 1. The highest BCUT2D eigenvalue weighted by atomic mass is 35.5. The van der Waals surface area contributed by atoms with E-state index in [4.69, 9.17) is 16.3 Å². The summed E-state index contributed by atoms with van der Waals surface area (Å²) in [4.78, 5) is 0. The fourth-order valence-corrected chi connectivity index (χ4v) is 2.25. The lowest BCUT2D eigenvalue weighted by molar-refractivity contribution is 0.416. The van der Waals surface area contributed by atoms with E-state index in [-0.39, 0.29) is 0 Å². The van der Waals surface area contributed by atoms with Crippen LogP contribution in [0.2, 0.25) is 5.02 Å². The quantitative estimate of drug-likeness (QED) is 0.889. The number of benzene rings is 1. The highest BCUT2D eigenvalue weighted by Crippen LogP contribution is 2.28. The SMILES string of the molecule is COc1ccc(Cl)cc1NCc1ccsc1. The van der Waals surface area contributed by atoms with Crippen LogP contribution in [0.3, 0.4) is 0 Å². The molecule has 2 rings (SSSR count). The monoisotopic (exact) mass is 253 g/mol. The summed E-state index contributed by atoms with van der Waals surface area (Å²) in [7, 11) is 1.65. The van der Waals surface area contributed by atoms with Crippen molar-refractivity contribution < 1.29 is 4.74 Å². The molecule has 0 bridgehead atoms. The molecule has 16 heavy (non-hydrogen) atoms. The lowest BCUT2D eigenvalue weighted by atomic mass is 10.2. The minimum absolute atomic E-state index is 0.702. The van der Waals surface area contributed by atoms with Crippen molar-refractivity contribution in [3.05, 3.63) is 45.6 Å². The number of hydrogen-bond acceptors (Lipinski definition) is 3. The average molecular weight is 254 g/mol. The lowest BCUT2D eigenvalue weighted by Gasteiger charge is -2.10. The molecule has 1 N–H and O–H groups in total. The number of nitrogens with one attached hydrogen (secondary N) is 1. The third kappa shape index (κ3) is 2.68. The van der Waals surface area contributed by atoms with E-state index < -0.39 is 0 Å². The van der Waals surface area contributed by atoms with Crippen LogP contribution in [0.25, 0.3) is 0 Å². The van der Waals surface area contributed by atoms with Gasteiger partial charge in [-0.15, -0.1) is 0 Å². The Morgan fingerprint density at radius 3 is 2.94 bits per heavy atom. The van der Waals surface area contributed by atoms with Crippen molar-refractivity contribution in [3.8, 4) is 5.75 Å². The van der Waals surface area contributed by atoms with E-state index in [0.717, 1.165) is 18.0 Å². The zero-order valence-corrected chi connectivity index (χ0v) is 10.4. The van der Waals surface area contributed by atoms with Gasteiger partial charge in [-0.3, -0.25) is 0 Å². The van der Waals surface area contributed by atoms with Gasteiger partial charge < -0.3 is 10.1 Å². The zero-order chi connectivity index (χ0) is 11.4. The van der Waals surface area contributed by atoms with Gasteiger partial charge in [0.05, 0.1) is 12.8 Å². The fraction of sp³-hybridized carbons (Fsp3) is 0.167. The molecule has 0 aliphatic rings. The maximum atomic E-state index is 5.94. The Kier molecular flexibility index (Phi) is 3.70. The van der Waals surface area contributed by atoms with Crippen LogP contribution in [-0.2, 0) is 6.54 Å². The van der Waals surface area contributed by atoms with E-state index in [1.807, 2.05) is 18.2 Å². The van der Waals surface area contributed by atoms with Gasteiger partial charge in [-0.25, -0.2) is 0 Å². The molecular weight excluding hydrogens is 242 g/mol. The van der Waals surface area contributed by atoms with Crippen LogP contribution < -0.4 is 10.1 Å². The standard InChI is InChI=1S/C12H12ClNOS/c1-15-12-3-2-10(13)6-11(12)14-7-9-4-5-16-8-9/h2-6,8,14H,7H2,1H3. The molecule has 1 aromatic carbocycles. The van der Waals surface area contributed by atoms with Gasteiger partial charge in [0.1, 0.15) is 5.75 Å². The summed E-state index contributed by atoms with van der Waals surface area (Å²) < 4.78 is 5.25. The van der Waals surface area contributed by atoms with Gasteiger partial charge in [-0.05, 0) is 40.6 Å². The largest absolute Gasteiger partial charge is 0.495 e. The lowest BCUT2D eigenvalue weighted by Crippen LogP contribution is -2.00. The zero-order valence-electron chi connectivity index (χ0n) is 8.87. The Morgan fingerprint density at radius 1 is 1.38 bits per heavy atom. The molecule has 0 saturated carbocycles. The molecule has 0 unspecified atom stereocenters. The van der Waals surface area contributed by atoms with Crippen molar-refractivity contribution in [2.45, 2.75) is 6.54 Å². The molecule has 2 aromatic rings. The molecular formula is C12H12ClNOS. The molecule has 4 heteroatoms. The third-order valence-corrected chi connectivity index (χ3v) is 3.19. The predicted octanol–water partition coefficient (Wildman–Crippen LogP) is 4.02. The fourth-order valence-electron chi connectivity index (χ4n) is 1.41. The topological polar surface area (TPSA) is 21.3 Å². The average Bonchev–Trinajstić information content (AvgIpc) is 2.79. The van der Waals surface area contributed by atoms with Crippen LogP contribution >= 0.6 is 22.9 Å². The molecule has 2 nitrogen and oxygen atoms in total. The molecule has 84 valence electrons. The van der Waals surface area contributed by atoms with Crippen LogP contribution in [0, 0.1) is 0 Å². The van der Waals surface area contributed by atoms with Crippen LogP contribution in [0.5, 0.6) is 5.75 Å². The van der Waals surface area contributed by atoms with E-state index in [1.165, 1.54) is 5.56 Å². The van der Waals surface area contributed by atoms with E-state index in [1.54, 1.807) is 18.4 Å². The van der Waals surface area contributed by atoms with Gasteiger partial charge in [0.25, 0.3) is 0 Å². The molecule has 0 radical (unpaired) electrons. The predicted molar refractivity (Wildman–Crippen MR) is 69.6 cm³/mol. The minimum atomic E-state index is 0.702. The summed E-state index contributed by atoms with van der Waals surface area (Å²) in [6.45, 7) is 0.778. The van der Waals surface area contributed by atoms with E-state index in [0.29, 0.717) is 5.02 Å². The van der Waals surface area contributed by atoms with Crippen molar-refractivity contribution in [2.24, 2.45) is 0 Å². The maximum Gasteiger partial charge on any atom is 0.142 e. The summed E-state index contributed by atoms with van der Waals surface area (Å²) in [5, 5.41) is 8.18. The van der Waals surface area contributed by atoms with Crippen molar-refractivity contribution in [2.75, 3.05) is 12.4 Å². The highest BCUT2D eigenvalue weighted by molar-refractivity contribution is 7.07. The van der Waals surface area contributed by atoms with Crippen molar-refractivity contribution in [1.29, 1.82) is 0 Å². The smallest absolute Gasteiger partial charge is 0.142 e. The molecule has 0 aliphatic heterocycles. The first kappa shape index (κ1) is 11.3. The molecule has 0 aliphatic carbocycles. The van der Waals surface area contributed by atoms with Gasteiger partial charge >= 0.3 is 0 Å². The van der Waals surface area contributed by atoms with Crippen LogP contribution in [-0.4, -0.2) is 7.11 Å². The Bertz CT molecular complexity index is 456. The molecule has 0 fully saturated rings. The number of methoxy groups -OCH3 is 1. The highest BCUT2D eigenvalue weighted by Gasteiger charge is 2.03. The first-order valence-electron chi connectivity index (χ1n) is 4.88. The van der Waals surface area contributed by atoms with E-state index in [9.17, 15) is 0 Å². The van der Waals surface area contributed by atoms with Crippen LogP contribution in [0.1, 0.15) is 5.56 Å². The van der Waals surface area contributed by atoms with Gasteiger partial charge in [0.15, 0.2) is 0 Å². The first-order valence-corrected chi connectivity index (χ1v) is 6.20. The van der Waals surface area contributed by atoms with Crippen LogP contribution in [0.4, 0.5) is 5.69 Å². The second-order valence-corrected chi connectivity index (χ2v) is 4.55. The summed E-state index contributed by atoms with van der Waals surface area (Å²) in [6.07, 6.45) is 0.